The zero-order valence-corrected chi connectivity index (χ0v) is 35.4. The number of aromatic nitrogens is 2. The summed E-state index contributed by atoms with van der Waals surface area (Å²) in [5.74, 6) is -0.907. The van der Waals surface area contributed by atoms with E-state index in [2.05, 4.69) is 33.9 Å². The lowest BCUT2D eigenvalue weighted by Gasteiger charge is -2.46. The molecule has 2 saturated carbocycles. The Kier molecular flexibility index (Phi) is 10.7. The molecule has 1 unspecified atom stereocenters. The van der Waals surface area contributed by atoms with Crippen LogP contribution in [-0.2, 0) is 20.6 Å². The SMILES string of the molecule is CC(C)N(CC1CCN(c2ccc(N3C(=S)N(c4cnc(C#N)c(C(F)(F)F)c4)C(=O)C34CCC4)cn2)CC1)C1CC(Oc2ccc3c(c2)C(=O)N(C2CCC(=O)NC2=O)C3=O)C1. The van der Waals surface area contributed by atoms with Crippen molar-refractivity contribution in [2.75, 3.05) is 34.3 Å². The molecule has 0 bridgehead atoms. The molecule has 19 heteroatoms. The summed E-state index contributed by atoms with van der Waals surface area (Å²) in [6, 6.07) is 10.4. The van der Waals surface area contributed by atoms with E-state index < -0.39 is 58.6 Å². The van der Waals surface area contributed by atoms with Crippen molar-refractivity contribution in [3.63, 3.8) is 0 Å². The molecule has 2 aromatic heterocycles. The normalized spacial score (nSPS) is 23.7. The van der Waals surface area contributed by atoms with E-state index in [1.54, 1.807) is 29.3 Å². The van der Waals surface area contributed by atoms with Gasteiger partial charge in [-0.05, 0) is 107 Å². The third-order valence-electron chi connectivity index (χ3n) is 13.4. The number of benzene rings is 1. The molecule has 6 heterocycles. The zero-order chi connectivity index (χ0) is 44.5. The van der Waals surface area contributed by atoms with Crippen LogP contribution >= 0.6 is 12.2 Å². The Morgan fingerprint density at radius 1 is 0.968 bits per heavy atom. The lowest BCUT2D eigenvalue weighted by atomic mass is 9.75. The average molecular weight is 884 g/mol. The molecular formula is C44H44F3N9O6S. The summed E-state index contributed by atoms with van der Waals surface area (Å²) in [6.07, 6.45) is 3.21. The fraction of sp³-hybridized carbons (Fsp3) is 0.477. The number of anilines is 3. The summed E-state index contributed by atoms with van der Waals surface area (Å²) in [4.78, 5) is 81.4. The van der Waals surface area contributed by atoms with Crippen LogP contribution in [-0.4, -0.2) is 104 Å². The third-order valence-corrected chi connectivity index (χ3v) is 13.8. The number of piperidine rings is 2. The first-order chi connectivity index (χ1) is 30.1. The highest BCUT2D eigenvalue weighted by molar-refractivity contribution is 7.81. The van der Waals surface area contributed by atoms with Crippen molar-refractivity contribution >= 4 is 64.1 Å². The van der Waals surface area contributed by atoms with Crippen molar-refractivity contribution in [3.05, 3.63) is 71.2 Å². The van der Waals surface area contributed by atoms with Gasteiger partial charge in [-0.15, -0.1) is 0 Å². The Morgan fingerprint density at radius 3 is 2.30 bits per heavy atom. The number of ether oxygens (including phenoxy) is 1. The molecule has 1 spiro atoms. The first-order valence-corrected chi connectivity index (χ1v) is 21.6. The van der Waals surface area contributed by atoms with Gasteiger partial charge in [-0.2, -0.15) is 18.4 Å². The van der Waals surface area contributed by atoms with Crippen LogP contribution in [0.2, 0.25) is 0 Å². The first-order valence-electron chi connectivity index (χ1n) is 21.2. The lowest BCUT2D eigenvalue weighted by Crippen LogP contribution is -2.55. The van der Waals surface area contributed by atoms with Gasteiger partial charge in [-0.25, -0.2) is 9.97 Å². The smallest absolute Gasteiger partial charge is 0.419 e. The Hall–Kier alpha value is -6.00. The number of rotatable bonds is 10. The van der Waals surface area contributed by atoms with E-state index in [4.69, 9.17) is 21.9 Å². The number of imide groups is 2. The molecular weight excluding hydrogens is 840 g/mol. The molecule has 4 aliphatic heterocycles. The van der Waals surface area contributed by atoms with E-state index in [1.807, 2.05) is 12.1 Å². The standard InChI is InChI=1S/C44H44F3N9O6S/c1-24(2)53(27-16-30(17-27)62-29-5-6-31-32(19-29)40(60)55(39(31)59)35-7-9-37(57)51-38(35)58)23-25-10-14-52(15-11-25)36-8-4-26(21-50-36)56-42(63)54(41(61)43(56)12-3-13-43)28-18-33(44(45,46)47)34(20-48)49-22-28/h4-6,8,18-19,21-22,24-25,27,30,35H,3,7,9-17,23H2,1-2H3,(H,51,57,58). The number of halogens is 3. The Balaban J connectivity index is 0.789. The second-order valence-corrected chi connectivity index (χ2v) is 17.8. The second kappa shape index (κ2) is 16.0. The van der Waals surface area contributed by atoms with Crippen LogP contribution in [0.1, 0.15) is 104 Å². The number of amides is 5. The summed E-state index contributed by atoms with van der Waals surface area (Å²) in [7, 11) is 0. The summed E-state index contributed by atoms with van der Waals surface area (Å²) >= 11 is 5.76. The van der Waals surface area contributed by atoms with Gasteiger partial charge in [-0.3, -0.25) is 44.0 Å². The van der Waals surface area contributed by atoms with E-state index in [0.717, 1.165) is 79.6 Å². The van der Waals surface area contributed by atoms with Crippen molar-refractivity contribution in [3.8, 4) is 11.8 Å². The van der Waals surface area contributed by atoms with Gasteiger partial charge >= 0.3 is 6.18 Å². The zero-order valence-electron chi connectivity index (χ0n) is 34.6. The number of nitrogens with zero attached hydrogens (tertiary/aromatic N) is 8. The molecule has 1 atom stereocenters. The van der Waals surface area contributed by atoms with E-state index in [-0.39, 0.29) is 40.9 Å². The second-order valence-electron chi connectivity index (χ2n) is 17.5. The van der Waals surface area contributed by atoms with Crippen LogP contribution in [0.3, 0.4) is 0 Å². The number of fused-ring (bicyclic) bond motifs is 1. The van der Waals surface area contributed by atoms with Gasteiger partial charge in [0.15, 0.2) is 10.8 Å². The molecule has 328 valence electrons. The van der Waals surface area contributed by atoms with Crippen LogP contribution in [0.5, 0.6) is 5.75 Å². The van der Waals surface area contributed by atoms with Gasteiger partial charge in [0, 0.05) is 51.0 Å². The van der Waals surface area contributed by atoms with Crippen LogP contribution in [0.15, 0.2) is 48.8 Å². The topological polar surface area (TPSA) is 172 Å². The Bertz CT molecular complexity index is 2460. The first kappa shape index (κ1) is 42.3. The van der Waals surface area contributed by atoms with Crippen molar-refractivity contribution in [1.82, 2.24) is 25.1 Å². The molecule has 15 nitrogen and oxygen atoms in total. The summed E-state index contributed by atoms with van der Waals surface area (Å²) < 4.78 is 47.7. The maximum atomic E-state index is 13.9. The minimum absolute atomic E-state index is 0.0336. The molecule has 63 heavy (non-hydrogen) atoms. The van der Waals surface area contributed by atoms with Gasteiger partial charge in [0.1, 0.15) is 35.3 Å². The maximum Gasteiger partial charge on any atom is 0.419 e. The minimum Gasteiger partial charge on any atom is -0.490 e. The fourth-order valence-electron chi connectivity index (χ4n) is 9.83. The minimum atomic E-state index is -4.85. The lowest BCUT2D eigenvalue weighted by molar-refractivity contribution is -0.138. The molecule has 3 aromatic rings. The average Bonchev–Trinajstić information content (AvgIpc) is 3.62. The molecule has 1 aromatic carbocycles. The third kappa shape index (κ3) is 7.36. The quantitative estimate of drug-likeness (QED) is 0.204. The van der Waals surface area contributed by atoms with Crippen LogP contribution in [0.4, 0.5) is 30.4 Å². The van der Waals surface area contributed by atoms with Crippen molar-refractivity contribution in [2.24, 2.45) is 5.92 Å². The number of hydrogen-bond acceptors (Lipinski definition) is 12. The number of alkyl halides is 3. The largest absolute Gasteiger partial charge is 0.490 e. The highest BCUT2D eigenvalue weighted by atomic mass is 32.1. The van der Waals surface area contributed by atoms with Crippen LogP contribution in [0, 0.1) is 17.2 Å². The number of nitrogens with one attached hydrogen (secondary N) is 1. The summed E-state index contributed by atoms with van der Waals surface area (Å²) in [5, 5.41) is 11.5. The molecule has 5 amide bonds. The number of hydrogen-bond donors (Lipinski definition) is 1. The number of nitriles is 1. The number of carbonyl (C=O) groups is 5. The van der Waals surface area contributed by atoms with Crippen LogP contribution < -0.4 is 24.8 Å². The molecule has 6 aliphatic rings. The molecule has 9 rings (SSSR count). The predicted molar refractivity (Wildman–Crippen MR) is 225 cm³/mol. The summed E-state index contributed by atoms with van der Waals surface area (Å²) in [5.41, 5.74) is -2.22. The molecule has 2 aliphatic carbocycles. The molecule has 3 saturated heterocycles. The molecule has 5 fully saturated rings. The Labute approximate surface area is 366 Å². The van der Waals surface area contributed by atoms with Gasteiger partial charge in [0.2, 0.25) is 11.8 Å². The van der Waals surface area contributed by atoms with Crippen LogP contribution in [0.25, 0.3) is 0 Å². The van der Waals surface area contributed by atoms with E-state index in [1.165, 1.54) is 6.07 Å². The van der Waals surface area contributed by atoms with Gasteiger partial charge in [0.25, 0.3) is 17.7 Å². The molecule has 1 N–H and O–H groups in total. The number of thiocarbonyl (C=S) groups is 1. The van der Waals surface area contributed by atoms with Gasteiger partial charge < -0.3 is 14.5 Å². The van der Waals surface area contributed by atoms with E-state index in [9.17, 15) is 42.4 Å². The van der Waals surface area contributed by atoms with E-state index >= 15 is 0 Å². The van der Waals surface area contributed by atoms with E-state index in [0.29, 0.717) is 42.3 Å². The number of pyridine rings is 2. The van der Waals surface area contributed by atoms with Gasteiger partial charge in [0.05, 0.1) is 40.5 Å². The summed E-state index contributed by atoms with van der Waals surface area (Å²) in [6.45, 7) is 6.91. The maximum absolute atomic E-state index is 13.9. The van der Waals surface area contributed by atoms with Gasteiger partial charge in [-0.1, -0.05) is 0 Å². The highest BCUT2D eigenvalue weighted by Crippen LogP contribution is 2.48. The predicted octanol–water partition coefficient (Wildman–Crippen LogP) is 5.37. The molecule has 0 radical (unpaired) electrons. The van der Waals surface area contributed by atoms with Crippen molar-refractivity contribution in [1.29, 1.82) is 5.26 Å². The van der Waals surface area contributed by atoms with Crippen molar-refractivity contribution < 1.29 is 41.9 Å². The fourth-order valence-corrected chi connectivity index (χ4v) is 10.3. The van der Waals surface area contributed by atoms with Crippen molar-refractivity contribution in [2.45, 2.75) is 108 Å². The Morgan fingerprint density at radius 2 is 1.68 bits per heavy atom. The highest BCUT2D eigenvalue weighted by Gasteiger charge is 2.60. The monoisotopic (exact) mass is 883 g/mol. The number of carbonyl (C=O) groups excluding carboxylic acids is 5.